The van der Waals surface area contributed by atoms with Crippen molar-refractivity contribution >= 4 is 28.7 Å². The molecule has 1 aliphatic carbocycles. The second-order valence-corrected chi connectivity index (χ2v) is 7.04. The molecule has 0 fully saturated rings. The average Bonchev–Trinajstić information content (AvgIpc) is 2.95. The summed E-state index contributed by atoms with van der Waals surface area (Å²) in [4.78, 5) is 33.9. The molecular formula is C17H22N4O2S. The summed E-state index contributed by atoms with van der Waals surface area (Å²) < 4.78 is 0. The van der Waals surface area contributed by atoms with Crippen LogP contribution in [0.3, 0.4) is 0 Å². The van der Waals surface area contributed by atoms with Crippen molar-refractivity contribution < 1.29 is 4.79 Å². The minimum absolute atomic E-state index is 0.0376. The van der Waals surface area contributed by atoms with Crippen molar-refractivity contribution in [3.8, 4) is 0 Å². The van der Waals surface area contributed by atoms with E-state index in [0.717, 1.165) is 18.5 Å². The van der Waals surface area contributed by atoms with E-state index in [1.54, 1.807) is 0 Å². The molecule has 3 rings (SSSR count). The van der Waals surface area contributed by atoms with Crippen LogP contribution in [0, 0.1) is 6.92 Å². The van der Waals surface area contributed by atoms with E-state index in [2.05, 4.69) is 26.3 Å². The normalized spacial score (nSPS) is 14.6. The molecule has 2 heterocycles. The molecule has 3 N–H and O–H groups in total. The fourth-order valence-electron chi connectivity index (χ4n) is 2.88. The van der Waals surface area contributed by atoms with Crippen molar-refractivity contribution in [1.82, 2.24) is 20.3 Å². The summed E-state index contributed by atoms with van der Waals surface area (Å²) >= 11 is 1.25. The molecule has 0 saturated heterocycles. The van der Waals surface area contributed by atoms with Crippen molar-refractivity contribution in [3.63, 3.8) is 0 Å². The number of carbonyl (C=O) groups excluding carboxylic acids is 1. The van der Waals surface area contributed by atoms with Gasteiger partial charge in [0.05, 0.1) is 11.3 Å². The van der Waals surface area contributed by atoms with Gasteiger partial charge in [0.2, 0.25) is 5.91 Å². The second kappa shape index (κ2) is 7.70. The molecule has 0 aliphatic heterocycles. The number of fused-ring (bicyclic) bond motifs is 1. The van der Waals surface area contributed by atoms with E-state index in [9.17, 15) is 9.59 Å². The van der Waals surface area contributed by atoms with E-state index in [-0.39, 0.29) is 17.2 Å². The predicted octanol–water partition coefficient (Wildman–Crippen LogP) is 2.66. The van der Waals surface area contributed by atoms with Gasteiger partial charge in [0.1, 0.15) is 5.52 Å². The summed E-state index contributed by atoms with van der Waals surface area (Å²) in [6.07, 6.45) is 8.09. The Bertz CT molecular complexity index is 822. The number of rotatable bonds is 6. The number of aryl methyl sites for hydroxylation is 1. The first-order chi connectivity index (χ1) is 11.6. The number of amides is 1. The first-order valence-corrected chi connectivity index (χ1v) is 9.27. The van der Waals surface area contributed by atoms with Gasteiger partial charge < -0.3 is 10.3 Å². The monoisotopic (exact) mass is 346 g/mol. The molecule has 1 aliphatic rings. The lowest BCUT2D eigenvalue weighted by Crippen LogP contribution is -2.26. The quantitative estimate of drug-likeness (QED) is 0.426. The molecule has 0 saturated carbocycles. The van der Waals surface area contributed by atoms with E-state index in [4.69, 9.17) is 0 Å². The fraction of sp³-hybridized carbons (Fsp3) is 0.471. The molecule has 0 spiro atoms. The lowest BCUT2D eigenvalue weighted by Gasteiger charge is -2.12. The Morgan fingerprint density at radius 2 is 2.25 bits per heavy atom. The smallest absolute Gasteiger partial charge is 0.275 e. The van der Waals surface area contributed by atoms with Gasteiger partial charge in [-0.25, -0.2) is 4.98 Å². The SMILES string of the molecule is Cc1cc2nc(SCC(=O)NCCC3=CCCCC3)[nH]c(=O)c2[nH]1. The van der Waals surface area contributed by atoms with Gasteiger partial charge in [-0.3, -0.25) is 14.6 Å². The van der Waals surface area contributed by atoms with Crippen molar-refractivity contribution in [3.05, 3.63) is 33.8 Å². The lowest BCUT2D eigenvalue weighted by molar-refractivity contribution is -0.118. The summed E-state index contributed by atoms with van der Waals surface area (Å²) in [6.45, 7) is 2.55. The van der Waals surface area contributed by atoms with Gasteiger partial charge in [0, 0.05) is 12.2 Å². The van der Waals surface area contributed by atoms with E-state index in [1.165, 1.54) is 36.6 Å². The molecular weight excluding hydrogens is 324 g/mol. The molecule has 1 amide bonds. The van der Waals surface area contributed by atoms with Crippen LogP contribution in [0.1, 0.15) is 37.8 Å². The Morgan fingerprint density at radius 3 is 3.04 bits per heavy atom. The maximum Gasteiger partial charge on any atom is 0.275 e. The Balaban J connectivity index is 1.49. The fourth-order valence-corrected chi connectivity index (χ4v) is 3.58. The maximum atomic E-state index is 12.0. The number of allylic oxidation sites excluding steroid dienone is 1. The van der Waals surface area contributed by atoms with Crippen LogP contribution in [-0.2, 0) is 4.79 Å². The third-order valence-electron chi connectivity index (χ3n) is 4.09. The van der Waals surface area contributed by atoms with E-state index in [0.29, 0.717) is 22.7 Å². The van der Waals surface area contributed by atoms with Crippen LogP contribution in [-0.4, -0.2) is 33.2 Å². The van der Waals surface area contributed by atoms with Gasteiger partial charge >= 0.3 is 0 Å². The number of thioether (sulfide) groups is 1. The number of hydrogen-bond acceptors (Lipinski definition) is 4. The number of hydrogen-bond donors (Lipinski definition) is 3. The number of aromatic amines is 2. The highest BCUT2D eigenvalue weighted by Crippen LogP contribution is 2.19. The highest BCUT2D eigenvalue weighted by molar-refractivity contribution is 7.99. The van der Waals surface area contributed by atoms with Crippen LogP contribution in [0.5, 0.6) is 0 Å². The zero-order valence-corrected chi connectivity index (χ0v) is 14.6. The zero-order valence-electron chi connectivity index (χ0n) is 13.8. The summed E-state index contributed by atoms with van der Waals surface area (Å²) in [5.41, 5.74) is 3.24. The predicted molar refractivity (Wildman–Crippen MR) is 96.4 cm³/mol. The lowest BCUT2D eigenvalue weighted by atomic mass is 9.97. The van der Waals surface area contributed by atoms with Crippen molar-refractivity contribution in [2.45, 2.75) is 44.2 Å². The minimum Gasteiger partial charge on any atom is -0.355 e. The Kier molecular flexibility index (Phi) is 5.40. The first kappa shape index (κ1) is 16.8. The summed E-state index contributed by atoms with van der Waals surface area (Å²) in [5, 5.41) is 3.40. The van der Waals surface area contributed by atoms with Crippen LogP contribution in [0.15, 0.2) is 27.7 Å². The van der Waals surface area contributed by atoms with Gasteiger partial charge in [0.15, 0.2) is 5.16 Å². The van der Waals surface area contributed by atoms with Gasteiger partial charge in [-0.1, -0.05) is 23.4 Å². The summed E-state index contributed by atoms with van der Waals surface area (Å²) in [7, 11) is 0. The number of nitrogens with zero attached hydrogens (tertiary/aromatic N) is 1. The van der Waals surface area contributed by atoms with Crippen LogP contribution < -0.4 is 10.9 Å². The molecule has 2 aromatic heterocycles. The Labute approximate surface area is 144 Å². The Morgan fingerprint density at radius 1 is 1.38 bits per heavy atom. The number of nitrogens with one attached hydrogen (secondary N) is 3. The molecule has 7 heteroatoms. The summed E-state index contributed by atoms with van der Waals surface area (Å²) in [5.74, 6) is 0.209. The molecule has 2 aromatic rings. The van der Waals surface area contributed by atoms with Gasteiger partial charge in [-0.05, 0) is 45.1 Å². The maximum absolute atomic E-state index is 12.0. The largest absolute Gasteiger partial charge is 0.355 e. The van der Waals surface area contributed by atoms with Gasteiger partial charge in [-0.15, -0.1) is 0 Å². The molecule has 0 aromatic carbocycles. The topological polar surface area (TPSA) is 90.6 Å². The molecule has 6 nitrogen and oxygen atoms in total. The highest BCUT2D eigenvalue weighted by atomic mass is 32.2. The highest BCUT2D eigenvalue weighted by Gasteiger charge is 2.09. The van der Waals surface area contributed by atoms with E-state index >= 15 is 0 Å². The molecule has 128 valence electrons. The molecule has 0 bridgehead atoms. The first-order valence-electron chi connectivity index (χ1n) is 8.29. The van der Waals surface area contributed by atoms with E-state index in [1.807, 2.05) is 13.0 Å². The van der Waals surface area contributed by atoms with Crippen LogP contribution in [0.25, 0.3) is 11.0 Å². The van der Waals surface area contributed by atoms with Crippen molar-refractivity contribution in [2.24, 2.45) is 0 Å². The van der Waals surface area contributed by atoms with Crippen LogP contribution in [0.2, 0.25) is 0 Å². The zero-order chi connectivity index (χ0) is 16.9. The number of aromatic nitrogens is 3. The minimum atomic E-state index is -0.208. The molecule has 0 radical (unpaired) electrons. The van der Waals surface area contributed by atoms with Crippen molar-refractivity contribution in [2.75, 3.05) is 12.3 Å². The Hall–Kier alpha value is -2.02. The third-order valence-corrected chi connectivity index (χ3v) is 4.97. The average molecular weight is 346 g/mol. The molecule has 24 heavy (non-hydrogen) atoms. The molecule has 0 atom stereocenters. The van der Waals surface area contributed by atoms with Gasteiger partial charge in [-0.2, -0.15) is 0 Å². The number of carbonyl (C=O) groups is 1. The van der Waals surface area contributed by atoms with Crippen LogP contribution >= 0.6 is 11.8 Å². The summed E-state index contributed by atoms with van der Waals surface area (Å²) in [6, 6.07) is 1.83. The molecule has 0 unspecified atom stereocenters. The van der Waals surface area contributed by atoms with E-state index < -0.39 is 0 Å². The van der Waals surface area contributed by atoms with Crippen molar-refractivity contribution in [1.29, 1.82) is 0 Å². The second-order valence-electron chi connectivity index (χ2n) is 6.08. The standard InChI is InChI=1S/C17H22N4O2S/c1-11-9-13-15(19-11)16(23)21-17(20-13)24-10-14(22)18-8-7-12-5-3-2-4-6-12/h5,9,19H,2-4,6-8,10H2,1H3,(H,18,22)(H,20,21,23). The van der Waals surface area contributed by atoms with Gasteiger partial charge in [0.25, 0.3) is 5.56 Å². The third kappa shape index (κ3) is 4.29. The van der Waals surface area contributed by atoms with Crippen LogP contribution in [0.4, 0.5) is 0 Å². The number of H-pyrrole nitrogens is 2.